The van der Waals surface area contributed by atoms with Crippen LogP contribution in [0.5, 0.6) is 5.75 Å². The normalized spacial score (nSPS) is 14.9. The summed E-state index contributed by atoms with van der Waals surface area (Å²) >= 11 is 7.34. The molecule has 8 heteroatoms. The van der Waals surface area contributed by atoms with Gasteiger partial charge < -0.3 is 9.47 Å². The third-order valence-electron chi connectivity index (χ3n) is 7.32. The predicted octanol–water partition coefficient (Wildman–Crippen LogP) is 6.93. The van der Waals surface area contributed by atoms with Crippen molar-refractivity contribution in [3.63, 3.8) is 0 Å². The highest BCUT2D eigenvalue weighted by molar-refractivity contribution is 7.07. The Hall–Kier alpha value is -3.94. The number of ether oxygens (including phenoxy) is 2. The van der Waals surface area contributed by atoms with E-state index in [9.17, 15) is 9.59 Å². The summed E-state index contributed by atoms with van der Waals surface area (Å²) < 4.78 is 13.8. The number of fused-ring (bicyclic) bond motifs is 1. The zero-order chi connectivity index (χ0) is 30.5. The van der Waals surface area contributed by atoms with Crippen molar-refractivity contribution in [1.29, 1.82) is 0 Å². The zero-order valence-corrected chi connectivity index (χ0v) is 26.4. The third kappa shape index (κ3) is 6.68. The van der Waals surface area contributed by atoms with Crippen LogP contribution in [0.2, 0.25) is 5.02 Å². The van der Waals surface area contributed by atoms with Gasteiger partial charge in [-0.25, -0.2) is 9.79 Å². The molecule has 0 radical (unpaired) electrons. The molecule has 1 atom stereocenters. The van der Waals surface area contributed by atoms with Crippen LogP contribution in [0.3, 0.4) is 0 Å². The second kappa shape index (κ2) is 13.6. The molecule has 0 fully saturated rings. The molecule has 0 spiro atoms. The Morgan fingerprint density at radius 3 is 2.44 bits per heavy atom. The van der Waals surface area contributed by atoms with E-state index in [1.807, 2.05) is 73.7 Å². The molecule has 0 amide bonds. The number of hydrogen-bond acceptors (Lipinski definition) is 6. The van der Waals surface area contributed by atoms with Gasteiger partial charge in [0.25, 0.3) is 5.56 Å². The number of allylic oxidation sites excluding steroid dienone is 1. The molecule has 2 heterocycles. The standard InChI is InChI=1S/C35H35ClN2O4S/c1-5-9-28-31(34(40)41-6-2)32(25-16-14-24(15-17-25)22(3)4)38-33(39)30(43-35(38)37-28)20-26-10-7-8-11-29(26)42-21-23-12-18-27(36)19-13-23/h7-8,10-20,22,32H,5-6,9,21H2,1-4H3/b30-20+/t32-/m0/s1. The maximum atomic E-state index is 14.1. The van der Waals surface area contributed by atoms with Gasteiger partial charge in [0, 0.05) is 10.6 Å². The minimum Gasteiger partial charge on any atom is -0.488 e. The molecule has 0 bridgehead atoms. The quantitative estimate of drug-likeness (QED) is 0.182. The lowest BCUT2D eigenvalue weighted by atomic mass is 9.92. The lowest BCUT2D eigenvalue weighted by molar-refractivity contribution is -0.139. The van der Waals surface area contributed by atoms with Gasteiger partial charge in [-0.05, 0) is 60.2 Å². The van der Waals surface area contributed by atoms with Gasteiger partial charge in [0.2, 0.25) is 0 Å². The SMILES string of the molecule is CCCC1=C(C(=O)OCC)[C@H](c2ccc(C(C)C)cc2)n2c(s/c(=C/c3ccccc3OCc3ccc(Cl)cc3)c2=O)=N1. The van der Waals surface area contributed by atoms with Crippen LogP contribution in [0.15, 0.2) is 93.9 Å². The first-order valence-corrected chi connectivity index (χ1v) is 15.8. The van der Waals surface area contributed by atoms with Crippen molar-refractivity contribution in [2.24, 2.45) is 4.99 Å². The number of esters is 1. The van der Waals surface area contributed by atoms with Gasteiger partial charge in [-0.2, -0.15) is 0 Å². The van der Waals surface area contributed by atoms with Gasteiger partial charge >= 0.3 is 5.97 Å². The molecule has 222 valence electrons. The molecule has 6 nitrogen and oxygen atoms in total. The first kappa shape index (κ1) is 30.5. The van der Waals surface area contributed by atoms with Crippen LogP contribution < -0.4 is 19.6 Å². The second-order valence-corrected chi connectivity index (χ2v) is 12.1. The Morgan fingerprint density at radius 1 is 1.05 bits per heavy atom. The number of rotatable bonds is 10. The smallest absolute Gasteiger partial charge is 0.338 e. The number of nitrogens with zero attached hydrogens (tertiary/aromatic N) is 2. The fourth-order valence-corrected chi connectivity index (χ4v) is 6.25. The van der Waals surface area contributed by atoms with E-state index in [2.05, 4.69) is 26.0 Å². The van der Waals surface area contributed by atoms with Crippen molar-refractivity contribution in [2.45, 2.75) is 59.1 Å². The van der Waals surface area contributed by atoms with Crippen molar-refractivity contribution >= 4 is 35.0 Å². The molecular weight excluding hydrogens is 580 g/mol. The van der Waals surface area contributed by atoms with Crippen molar-refractivity contribution in [3.8, 4) is 5.75 Å². The predicted molar refractivity (Wildman–Crippen MR) is 172 cm³/mol. The van der Waals surface area contributed by atoms with Gasteiger partial charge in [-0.1, -0.05) is 105 Å². The number of carbonyl (C=O) groups is 1. The van der Waals surface area contributed by atoms with E-state index in [0.29, 0.717) is 50.3 Å². The Labute approximate surface area is 260 Å². The van der Waals surface area contributed by atoms with E-state index >= 15 is 0 Å². The van der Waals surface area contributed by atoms with E-state index in [1.54, 1.807) is 11.5 Å². The van der Waals surface area contributed by atoms with Crippen LogP contribution in [0.1, 0.15) is 74.8 Å². The Bertz CT molecular complexity index is 1820. The second-order valence-electron chi connectivity index (χ2n) is 10.7. The molecule has 4 aromatic rings. The molecule has 1 aliphatic rings. The lowest BCUT2D eigenvalue weighted by Crippen LogP contribution is -2.40. The number of benzene rings is 3. The molecule has 0 unspecified atom stereocenters. The zero-order valence-electron chi connectivity index (χ0n) is 24.8. The van der Waals surface area contributed by atoms with Crippen molar-refractivity contribution < 1.29 is 14.3 Å². The van der Waals surface area contributed by atoms with Gasteiger partial charge in [0.15, 0.2) is 4.80 Å². The summed E-state index contributed by atoms with van der Waals surface area (Å²) in [5.41, 5.74) is 4.66. The van der Waals surface area contributed by atoms with Crippen LogP contribution in [-0.4, -0.2) is 17.1 Å². The van der Waals surface area contributed by atoms with Gasteiger partial charge in [-0.3, -0.25) is 9.36 Å². The maximum Gasteiger partial charge on any atom is 0.338 e. The number of aromatic nitrogens is 1. The largest absolute Gasteiger partial charge is 0.488 e. The molecule has 43 heavy (non-hydrogen) atoms. The molecule has 3 aromatic carbocycles. The van der Waals surface area contributed by atoms with Crippen LogP contribution in [-0.2, 0) is 16.1 Å². The van der Waals surface area contributed by atoms with Crippen LogP contribution in [0.4, 0.5) is 0 Å². The lowest BCUT2D eigenvalue weighted by Gasteiger charge is -2.26. The van der Waals surface area contributed by atoms with E-state index in [1.165, 1.54) is 16.9 Å². The summed E-state index contributed by atoms with van der Waals surface area (Å²) in [5, 5.41) is 0.668. The third-order valence-corrected chi connectivity index (χ3v) is 8.56. The minimum atomic E-state index is -0.642. The molecule has 0 aliphatic carbocycles. The molecular formula is C35H35ClN2O4S. The first-order valence-electron chi connectivity index (χ1n) is 14.6. The first-order chi connectivity index (χ1) is 20.8. The highest BCUT2D eigenvalue weighted by Crippen LogP contribution is 2.33. The molecule has 0 saturated carbocycles. The fourth-order valence-electron chi connectivity index (χ4n) is 5.11. The van der Waals surface area contributed by atoms with Crippen molar-refractivity contribution in [1.82, 2.24) is 4.57 Å². The van der Waals surface area contributed by atoms with Crippen LogP contribution in [0.25, 0.3) is 6.08 Å². The van der Waals surface area contributed by atoms with Crippen LogP contribution in [0, 0.1) is 0 Å². The number of carbonyl (C=O) groups excluding carboxylic acids is 1. The average Bonchev–Trinajstić information content (AvgIpc) is 3.31. The summed E-state index contributed by atoms with van der Waals surface area (Å²) in [6.07, 6.45) is 3.24. The number of halogens is 1. The molecule has 1 aliphatic heterocycles. The summed E-state index contributed by atoms with van der Waals surface area (Å²) in [4.78, 5) is 33.0. The molecule has 5 rings (SSSR count). The minimum absolute atomic E-state index is 0.216. The van der Waals surface area contributed by atoms with Gasteiger partial charge in [0.05, 0.1) is 28.5 Å². The van der Waals surface area contributed by atoms with Gasteiger partial charge in [-0.15, -0.1) is 0 Å². The molecule has 0 N–H and O–H groups in total. The highest BCUT2D eigenvalue weighted by atomic mass is 35.5. The summed E-state index contributed by atoms with van der Waals surface area (Å²) in [6.45, 7) is 8.70. The number of para-hydroxylation sites is 1. The fraction of sp³-hybridized carbons (Fsp3) is 0.286. The number of hydrogen-bond donors (Lipinski definition) is 0. The van der Waals surface area contributed by atoms with Crippen molar-refractivity contribution in [2.75, 3.05) is 6.61 Å². The number of thiazole rings is 1. The molecule has 0 saturated heterocycles. The van der Waals surface area contributed by atoms with Crippen molar-refractivity contribution in [3.05, 3.63) is 131 Å². The average molecular weight is 615 g/mol. The van der Waals surface area contributed by atoms with Gasteiger partial charge in [0.1, 0.15) is 12.4 Å². The van der Waals surface area contributed by atoms with E-state index in [0.717, 1.165) is 23.1 Å². The Kier molecular flexibility index (Phi) is 9.63. The molecule has 1 aromatic heterocycles. The van der Waals surface area contributed by atoms with E-state index in [-0.39, 0.29) is 12.2 Å². The maximum absolute atomic E-state index is 14.1. The topological polar surface area (TPSA) is 69.9 Å². The summed E-state index contributed by atoms with van der Waals surface area (Å²) in [5.74, 6) is 0.569. The Morgan fingerprint density at radius 2 is 1.77 bits per heavy atom. The Balaban J connectivity index is 1.62. The van der Waals surface area contributed by atoms with E-state index in [4.69, 9.17) is 26.1 Å². The van der Waals surface area contributed by atoms with Crippen LogP contribution >= 0.6 is 22.9 Å². The monoisotopic (exact) mass is 614 g/mol. The summed E-state index contributed by atoms with van der Waals surface area (Å²) in [7, 11) is 0. The highest BCUT2D eigenvalue weighted by Gasteiger charge is 2.34. The van der Waals surface area contributed by atoms with E-state index < -0.39 is 12.0 Å². The summed E-state index contributed by atoms with van der Waals surface area (Å²) in [6, 6.07) is 22.6.